The van der Waals surface area contributed by atoms with Crippen LogP contribution in [-0.2, 0) is 11.3 Å². The molecule has 126 valence electrons. The third-order valence-corrected chi connectivity index (χ3v) is 4.63. The van der Waals surface area contributed by atoms with Crippen LogP contribution < -0.4 is 9.47 Å². The Balaban J connectivity index is 1.76. The maximum absolute atomic E-state index is 11.3. The van der Waals surface area contributed by atoms with Gasteiger partial charge >= 0.3 is 5.97 Å². The Morgan fingerprint density at radius 2 is 2.13 bits per heavy atom. The molecular weight excluding hydrogens is 318 g/mol. The molecule has 0 amide bonds. The van der Waals surface area contributed by atoms with E-state index < -0.39 is 5.97 Å². The number of carbonyl (C=O) groups is 1. The molecule has 0 radical (unpaired) electrons. The molecule has 2 heterocycles. The van der Waals surface area contributed by atoms with E-state index in [1.165, 1.54) is 0 Å². The topological polar surface area (TPSA) is 59.0 Å². The van der Waals surface area contributed by atoms with Crippen molar-refractivity contribution in [2.75, 3.05) is 26.3 Å². The van der Waals surface area contributed by atoms with Gasteiger partial charge < -0.3 is 14.6 Å². The van der Waals surface area contributed by atoms with Crippen LogP contribution in [0.5, 0.6) is 11.5 Å². The second kappa shape index (κ2) is 6.97. The van der Waals surface area contributed by atoms with E-state index in [0.29, 0.717) is 48.7 Å². The van der Waals surface area contributed by atoms with E-state index >= 15 is 0 Å². The third-order valence-electron chi connectivity index (χ3n) is 4.35. The molecule has 0 aliphatic carbocycles. The zero-order valence-corrected chi connectivity index (χ0v) is 14.0. The van der Waals surface area contributed by atoms with E-state index in [1.54, 1.807) is 0 Å². The van der Waals surface area contributed by atoms with E-state index in [2.05, 4.69) is 11.8 Å². The summed E-state index contributed by atoms with van der Waals surface area (Å²) >= 11 is 6.33. The van der Waals surface area contributed by atoms with Crippen molar-refractivity contribution < 1.29 is 19.4 Å². The van der Waals surface area contributed by atoms with Crippen molar-refractivity contribution in [2.45, 2.75) is 26.3 Å². The van der Waals surface area contributed by atoms with Crippen molar-refractivity contribution in [1.29, 1.82) is 0 Å². The third kappa shape index (κ3) is 3.90. The van der Waals surface area contributed by atoms with E-state index in [-0.39, 0.29) is 5.92 Å². The van der Waals surface area contributed by atoms with Crippen LogP contribution in [0.4, 0.5) is 0 Å². The number of fused-ring (bicyclic) bond motifs is 1. The number of carboxylic acids is 1. The first kappa shape index (κ1) is 16.4. The number of nitrogens with zero attached hydrogens (tertiary/aromatic N) is 1. The smallest absolute Gasteiger partial charge is 0.307 e. The lowest BCUT2D eigenvalue weighted by atomic mass is 9.90. The lowest BCUT2D eigenvalue weighted by Crippen LogP contribution is -2.41. The molecule has 2 unspecified atom stereocenters. The summed E-state index contributed by atoms with van der Waals surface area (Å²) in [4.78, 5) is 13.5. The number of halogens is 1. The number of hydrogen-bond acceptors (Lipinski definition) is 4. The van der Waals surface area contributed by atoms with Crippen LogP contribution in [0.3, 0.4) is 0 Å². The Morgan fingerprint density at radius 1 is 1.35 bits per heavy atom. The second-order valence-corrected chi connectivity index (χ2v) is 6.93. The van der Waals surface area contributed by atoms with Crippen LogP contribution in [0.15, 0.2) is 12.1 Å². The number of benzene rings is 1. The fourth-order valence-electron chi connectivity index (χ4n) is 3.40. The van der Waals surface area contributed by atoms with Crippen molar-refractivity contribution in [3.63, 3.8) is 0 Å². The maximum atomic E-state index is 11.3. The first-order valence-electron chi connectivity index (χ1n) is 8.06. The number of aliphatic carboxylic acids is 1. The van der Waals surface area contributed by atoms with Gasteiger partial charge in [-0.1, -0.05) is 18.5 Å². The van der Waals surface area contributed by atoms with Crippen molar-refractivity contribution in [3.05, 3.63) is 22.7 Å². The van der Waals surface area contributed by atoms with Gasteiger partial charge in [-0.25, -0.2) is 0 Å². The zero-order valence-electron chi connectivity index (χ0n) is 13.3. The highest BCUT2D eigenvalue weighted by molar-refractivity contribution is 6.32. The summed E-state index contributed by atoms with van der Waals surface area (Å²) < 4.78 is 11.4. The summed E-state index contributed by atoms with van der Waals surface area (Å²) in [7, 11) is 0. The molecule has 1 saturated heterocycles. The summed E-state index contributed by atoms with van der Waals surface area (Å²) in [5.41, 5.74) is 1.03. The highest BCUT2D eigenvalue weighted by atomic mass is 35.5. The monoisotopic (exact) mass is 339 g/mol. The molecular formula is C17H22ClNO4. The molecule has 6 heteroatoms. The lowest BCUT2D eigenvalue weighted by molar-refractivity contribution is -0.144. The van der Waals surface area contributed by atoms with E-state index in [9.17, 15) is 9.90 Å². The number of likely N-dealkylation sites (tertiary alicyclic amines) is 1. The molecule has 3 rings (SSSR count). The molecule has 1 fully saturated rings. The molecule has 1 N–H and O–H groups in total. The van der Waals surface area contributed by atoms with E-state index in [1.807, 2.05) is 12.1 Å². The number of piperidine rings is 1. The summed E-state index contributed by atoms with van der Waals surface area (Å²) in [6.45, 7) is 5.47. The van der Waals surface area contributed by atoms with Crippen LogP contribution in [0.1, 0.15) is 25.3 Å². The SMILES string of the molecule is CC1CC(C(=O)O)CN(Cc2cc(Cl)c3c(c2)OCCCO3)C1. The summed E-state index contributed by atoms with van der Waals surface area (Å²) in [5.74, 6) is 0.668. The molecule has 23 heavy (non-hydrogen) atoms. The van der Waals surface area contributed by atoms with E-state index in [0.717, 1.165) is 24.9 Å². The van der Waals surface area contributed by atoms with E-state index in [4.69, 9.17) is 21.1 Å². The van der Waals surface area contributed by atoms with Crippen LogP contribution in [0.25, 0.3) is 0 Å². The highest BCUT2D eigenvalue weighted by Gasteiger charge is 2.29. The van der Waals surface area contributed by atoms with Gasteiger partial charge in [0.1, 0.15) is 0 Å². The van der Waals surface area contributed by atoms with Gasteiger partial charge in [0.2, 0.25) is 0 Å². The van der Waals surface area contributed by atoms with Crippen molar-refractivity contribution in [3.8, 4) is 11.5 Å². The Morgan fingerprint density at radius 3 is 2.91 bits per heavy atom. The minimum Gasteiger partial charge on any atom is -0.489 e. The van der Waals surface area contributed by atoms with Gasteiger partial charge in [-0.3, -0.25) is 9.69 Å². The quantitative estimate of drug-likeness (QED) is 0.917. The second-order valence-electron chi connectivity index (χ2n) is 6.53. The van der Waals surface area contributed by atoms with Gasteiger partial charge in [-0.15, -0.1) is 0 Å². The van der Waals surface area contributed by atoms with Gasteiger partial charge in [0, 0.05) is 26.1 Å². The first-order chi connectivity index (χ1) is 11.0. The number of ether oxygens (including phenoxy) is 2. The van der Waals surface area contributed by atoms with Crippen LogP contribution in [0.2, 0.25) is 5.02 Å². The molecule has 2 atom stereocenters. The fourth-order valence-corrected chi connectivity index (χ4v) is 3.69. The van der Waals surface area contributed by atoms with Crippen molar-refractivity contribution in [1.82, 2.24) is 4.90 Å². The highest BCUT2D eigenvalue weighted by Crippen LogP contribution is 2.38. The average molecular weight is 340 g/mol. The summed E-state index contributed by atoms with van der Waals surface area (Å²) in [6, 6.07) is 3.85. The predicted octanol–water partition coefficient (Wildman–Crippen LogP) is 3.04. The number of carboxylic acid groups (broad SMARTS) is 1. The predicted molar refractivity (Wildman–Crippen MR) is 87.2 cm³/mol. The van der Waals surface area contributed by atoms with Gasteiger partial charge in [0.25, 0.3) is 0 Å². The lowest BCUT2D eigenvalue weighted by Gasteiger charge is -2.34. The maximum Gasteiger partial charge on any atom is 0.307 e. The molecule has 1 aromatic rings. The molecule has 1 aromatic carbocycles. The molecule has 5 nitrogen and oxygen atoms in total. The fraction of sp³-hybridized carbons (Fsp3) is 0.588. The molecule has 0 bridgehead atoms. The molecule has 0 saturated carbocycles. The van der Waals surface area contributed by atoms with Crippen LogP contribution >= 0.6 is 11.6 Å². The van der Waals surface area contributed by atoms with Gasteiger partial charge in [0.05, 0.1) is 24.2 Å². The average Bonchev–Trinajstić information content (AvgIpc) is 2.72. The van der Waals surface area contributed by atoms with Crippen LogP contribution in [-0.4, -0.2) is 42.3 Å². The summed E-state index contributed by atoms with van der Waals surface area (Å²) in [6.07, 6.45) is 1.58. The van der Waals surface area contributed by atoms with Crippen molar-refractivity contribution in [2.24, 2.45) is 11.8 Å². The molecule has 2 aliphatic heterocycles. The number of rotatable bonds is 3. The molecule has 2 aliphatic rings. The van der Waals surface area contributed by atoms with Crippen LogP contribution in [0, 0.1) is 11.8 Å². The Labute approximate surface area is 141 Å². The zero-order chi connectivity index (χ0) is 16.4. The minimum atomic E-state index is -0.710. The standard InChI is InChI=1S/C17H22ClNO4/c1-11-5-13(17(20)21)10-19(8-11)9-12-6-14(18)16-15(7-12)22-3-2-4-23-16/h6-7,11,13H,2-5,8-10H2,1H3,(H,20,21). The number of hydrogen-bond donors (Lipinski definition) is 1. The Hall–Kier alpha value is -1.46. The van der Waals surface area contributed by atoms with Gasteiger partial charge in [-0.05, 0) is 30.0 Å². The normalized spacial score (nSPS) is 25.0. The molecule has 0 spiro atoms. The Kier molecular flexibility index (Phi) is 4.97. The van der Waals surface area contributed by atoms with Crippen molar-refractivity contribution >= 4 is 17.6 Å². The minimum absolute atomic E-state index is 0.297. The van der Waals surface area contributed by atoms with Gasteiger partial charge in [-0.2, -0.15) is 0 Å². The largest absolute Gasteiger partial charge is 0.489 e. The Bertz CT molecular complexity index is 592. The summed E-state index contributed by atoms with van der Waals surface area (Å²) in [5, 5.41) is 9.84. The van der Waals surface area contributed by atoms with Gasteiger partial charge in [0.15, 0.2) is 11.5 Å². The molecule has 0 aromatic heterocycles. The first-order valence-corrected chi connectivity index (χ1v) is 8.44.